The Hall–Kier alpha value is -2.45. The van der Waals surface area contributed by atoms with Crippen LogP contribution in [0.3, 0.4) is 0 Å². The van der Waals surface area contributed by atoms with E-state index >= 15 is 0 Å². The first-order valence-corrected chi connectivity index (χ1v) is 7.43. The molecule has 9 heteroatoms. The van der Waals surface area contributed by atoms with Crippen LogP contribution in [0.15, 0.2) is 36.4 Å². The van der Waals surface area contributed by atoms with E-state index in [0.29, 0.717) is 12.1 Å². The van der Waals surface area contributed by atoms with Gasteiger partial charge < -0.3 is 9.84 Å². The number of aliphatic carboxylic acids is 1. The van der Waals surface area contributed by atoms with Crippen molar-refractivity contribution in [3.63, 3.8) is 0 Å². The smallest absolute Gasteiger partial charge is 0.416 e. The van der Waals surface area contributed by atoms with Crippen LogP contribution >= 0.6 is 0 Å². The molecule has 0 radical (unpaired) electrons. The standard InChI is InChI=1S/C17H17F5O4/c1-4-15(16(18,19)14(24)25,26-13(23)10(2)3)9-11-5-7-12(8-6-11)17(20,21)22/h5-8H,2,4,9H2,1,3H3,(H,24,25). The Kier molecular flexibility index (Phi) is 6.17. The summed E-state index contributed by atoms with van der Waals surface area (Å²) in [6, 6.07) is 3.21. The Morgan fingerprint density at radius 2 is 1.62 bits per heavy atom. The zero-order valence-electron chi connectivity index (χ0n) is 14.0. The first-order chi connectivity index (χ1) is 11.8. The molecule has 0 aromatic heterocycles. The summed E-state index contributed by atoms with van der Waals surface area (Å²) in [5.74, 6) is -8.21. The molecular weight excluding hydrogens is 363 g/mol. The fourth-order valence-corrected chi connectivity index (χ4v) is 2.23. The third kappa shape index (κ3) is 4.39. The molecule has 1 aromatic carbocycles. The fraction of sp³-hybridized carbons (Fsp3) is 0.412. The zero-order valence-corrected chi connectivity index (χ0v) is 14.0. The highest BCUT2D eigenvalue weighted by Gasteiger charge is 2.61. The van der Waals surface area contributed by atoms with E-state index in [1.165, 1.54) is 13.8 Å². The van der Waals surface area contributed by atoms with Crippen LogP contribution in [-0.4, -0.2) is 28.6 Å². The third-order valence-corrected chi connectivity index (χ3v) is 3.82. The van der Waals surface area contributed by atoms with Crippen molar-refractivity contribution in [2.24, 2.45) is 0 Å². The van der Waals surface area contributed by atoms with E-state index in [2.05, 4.69) is 6.58 Å². The predicted molar refractivity (Wildman–Crippen MR) is 81.7 cm³/mol. The van der Waals surface area contributed by atoms with Crippen LogP contribution in [0.4, 0.5) is 22.0 Å². The van der Waals surface area contributed by atoms with E-state index in [-0.39, 0.29) is 11.1 Å². The van der Waals surface area contributed by atoms with Gasteiger partial charge in [-0.25, -0.2) is 9.59 Å². The van der Waals surface area contributed by atoms with Crippen molar-refractivity contribution in [3.8, 4) is 0 Å². The van der Waals surface area contributed by atoms with Crippen molar-refractivity contribution in [1.82, 2.24) is 0 Å². The van der Waals surface area contributed by atoms with Crippen molar-refractivity contribution in [2.45, 2.75) is 44.4 Å². The van der Waals surface area contributed by atoms with Crippen LogP contribution in [0.1, 0.15) is 31.4 Å². The average Bonchev–Trinajstić information content (AvgIpc) is 2.53. The van der Waals surface area contributed by atoms with Crippen molar-refractivity contribution >= 4 is 11.9 Å². The van der Waals surface area contributed by atoms with Gasteiger partial charge in [-0.05, 0) is 31.0 Å². The van der Waals surface area contributed by atoms with E-state index < -0.39 is 48.0 Å². The van der Waals surface area contributed by atoms with Gasteiger partial charge >= 0.3 is 24.0 Å². The van der Waals surface area contributed by atoms with Crippen molar-refractivity contribution in [2.75, 3.05) is 0 Å². The van der Waals surface area contributed by atoms with Crippen molar-refractivity contribution in [1.29, 1.82) is 0 Å². The SMILES string of the molecule is C=C(C)C(=O)OC(CC)(Cc1ccc(C(F)(F)F)cc1)C(F)(F)C(=O)O. The van der Waals surface area contributed by atoms with Gasteiger partial charge in [0.1, 0.15) is 0 Å². The van der Waals surface area contributed by atoms with Gasteiger partial charge in [0.25, 0.3) is 0 Å². The van der Waals surface area contributed by atoms with Gasteiger partial charge in [0.2, 0.25) is 0 Å². The zero-order chi connectivity index (χ0) is 20.3. The molecule has 144 valence electrons. The molecule has 1 atom stereocenters. The Labute approximate surface area is 146 Å². The number of carboxylic acids is 1. The molecule has 1 rings (SSSR count). The van der Waals surface area contributed by atoms with Crippen molar-refractivity contribution < 1.29 is 41.4 Å². The first kappa shape index (κ1) is 21.6. The fourth-order valence-electron chi connectivity index (χ4n) is 2.23. The number of alkyl halides is 5. The van der Waals surface area contributed by atoms with Gasteiger partial charge in [0.05, 0.1) is 5.56 Å². The molecule has 0 bridgehead atoms. The monoisotopic (exact) mass is 380 g/mol. The summed E-state index contributed by atoms with van der Waals surface area (Å²) < 4.78 is 71.3. The molecule has 0 saturated heterocycles. The highest BCUT2D eigenvalue weighted by molar-refractivity contribution is 5.88. The normalized spacial score (nSPS) is 14.4. The lowest BCUT2D eigenvalue weighted by molar-refractivity contribution is -0.221. The number of carbonyl (C=O) groups excluding carboxylic acids is 1. The first-order valence-electron chi connectivity index (χ1n) is 7.43. The Bertz CT molecular complexity index is 694. The minimum Gasteiger partial charge on any atom is -0.477 e. The van der Waals surface area contributed by atoms with E-state index in [1.54, 1.807) is 0 Å². The maximum Gasteiger partial charge on any atom is 0.416 e. The molecule has 0 aliphatic carbocycles. The molecule has 0 aliphatic rings. The van der Waals surface area contributed by atoms with Crippen LogP contribution in [0.2, 0.25) is 0 Å². The maximum atomic E-state index is 14.4. The van der Waals surface area contributed by atoms with Crippen LogP contribution in [-0.2, 0) is 26.9 Å². The minimum atomic E-state index is -4.61. The van der Waals surface area contributed by atoms with Gasteiger partial charge in [-0.3, -0.25) is 0 Å². The summed E-state index contributed by atoms with van der Waals surface area (Å²) in [6.07, 6.45) is -6.00. The Morgan fingerprint density at radius 1 is 1.12 bits per heavy atom. The van der Waals surface area contributed by atoms with Gasteiger partial charge in [-0.1, -0.05) is 25.6 Å². The second kappa shape index (κ2) is 7.43. The summed E-state index contributed by atoms with van der Waals surface area (Å²) in [6.45, 7) is 5.64. The number of hydrogen-bond donors (Lipinski definition) is 1. The molecular formula is C17H17F5O4. The Morgan fingerprint density at radius 3 is 1.96 bits per heavy atom. The molecule has 0 spiro atoms. The average molecular weight is 380 g/mol. The lowest BCUT2D eigenvalue weighted by Crippen LogP contribution is -2.57. The number of hydrogen-bond acceptors (Lipinski definition) is 3. The van der Waals surface area contributed by atoms with E-state index in [9.17, 15) is 31.5 Å². The number of esters is 1. The number of carbonyl (C=O) groups is 2. The maximum absolute atomic E-state index is 14.4. The van der Waals surface area contributed by atoms with Gasteiger partial charge in [0.15, 0.2) is 5.60 Å². The quantitative estimate of drug-likeness (QED) is 0.437. The molecule has 26 heavy (non-hydrogen) atoms. The van der Waals surface area contributed by atoms with Crippen LogP contribution in [0.25, 0.3) is 0 Å². The lowest BCUT2D eigenvalue weighted by atomic mass is 9.85. The highest BCUT2D eigenvalue weighted by Crippen LogP contribution is 2.39. The lowest BCUT2D eigenvalue weighted by Gasteiger charge is -2.37. The molecule has 0 aliphatic heterocycles. The summed E-state index contributed by atoms with van der Waals surface area (Å²) in [7, 11) is 0. The van der Waals surface area contributed by atoms with Gasteiger partial charge in [-0.2, -0.15) is 22.0 Å². The number of rotatable bonds is 7. The molecule has 0 fully saturated rings. The predicted octanol–water partition coefficient (Wildman–Crippen LogP) is 4.24. The topological polar surface area (TPSA) is 63.6 Å². The van der Waals surface area contributed by atoms with Crippen molar-refractivity contribution in [3.05, 3.63) is 47.5 Å². The Balaban J connectivity index is 3.34. The van der Waals surface area contributed by atoms with E-state index in [0.717, 1.165) is 12.1 Å². The van der Waals surface area contributed by atoms with Gasteiger partial charge in [0, 0.05) is 12.0 Å². The van der Waals surface area contributed by atoms with Crippen LogP contribution in [0, 0.1) is 0 Å². The molecule has 0 saturated carbocycles. The summed E-state index contributed by atoms with van der Waals surface area (Å²) >= 11 is 0. The molecule has 0 heterocycles. The third-order valence-electron chi connectivity index (χ3n) is 3.82. The summed E-state index contributed by atoms with van der Waals surface area (Å²) in [4.78, 5) is 22.8. The van der Waals surface area contributed by atoms with Crippen LogP contribution < -0.4 is 0 Å². The number of ether oxygens (including phenoxy) is 1. The molecule has 0 amide bonds. The number of carboxylic acid groups (broad SMARTS) is 1. The second-order valence-electron chi connectivity index (χ2n) is 5.77. The number of halogens is 5. The van der Waals surface area contributed by atoms with E-state index in [1.807, 2.05) is 0 Å². The second-order valence-corrected chi connectivity index (χ2v) is 5.77. The molecule has 1 N–H and O–H groups in total. The number of benzene rings is 1. The summed E-state index contributed by atoms with van der Waals surface area (Å²) in [5.41, 5.74) is -4.05. The summed E-state index contributed by atoms with van der Waals surface area (Å²) in [5, 5.41) is 8.88. The van der Waals surface area contributed by atoms with Gasteiger partial charge in [-0.15, -0.1) is 0 Å². The van der Waals surface area contributed by atoms with E-state index in [4.69, 9.17) is 9.84 Å². The largest absolute Gasteiger partial charge is 0.477 e. The molecule has 1 aromatic rings. The molecule has 4 nitrogen and oxygen atoms in total. The minimum absolute atomic E-state index is 0.0460. The van der Waals surface area contributed by atoms with Crippen LogP contribution in [0.5, 0.6) is 0 Å². The molecule has 1 unspecified atom stereocenters. The highest BCUT2D eigenvalue weighted by atomic mass is 19.4.